The first-order valence-corrected chi connectivity index (χ1v) is 7.47. The first kappa shape index (κ1) is 12.8. The summed E-state index contributed by atoms with van der Waals surface area (Å²) in [4.78, 5) is 0. The van der Waals surface area contributed by atoms with Crippen LogP contribution in [0.15, 0.2) is 72.8 Å². The molecule has 3 rings (SSSR count). The highest BCUT2D eigenvalue weighted by Crippen LogP contribution is 2.31. The Morgan fingerprint density at radius 1 is 0.650 bits per heavy atom. The molecule has 0 heterocycles. The van der Waals surface area contributed by atoms with E-state index in [2.05, 4.69) is 0 Å². The number of rotatable bonds is 4. The highest BCUT2D eigenvalue weighted by molar-refractivity contribution is 7.34. The predicted molar refractivity (Wildman–Crippen MR) is 80.6 cm³/mol. The molecule has 0 fully saturated rings. The van der Waals surface area contributed by atoms with E-state index in [4.69, 9.17) is 9.05 Å². The summed E-state index contributed by atoms with van der Waals surface area (Å²) in [5.74, 6) is 1.08. The van der Waals surface area contributed by atoms with Gasteiger partial charge in [0.15, 0.2) is 0 Å². The third kappa shape index (κ3) is 3.01. The minimum Gasteiger partial charge on any atom is -0.418 e. The van der Waals surface area contributed by atoms with Gasteiger partial charge in [-0.2, -0.15) is 0 Å². The molecule has 100 valence electrons. The molecule has 4 heteroatoms. The van der Waals surface area contributed by atoms with Gasteiger partial charge in [0.25, 0.3) is 0 Å². The third-order valence-corrected chi connectivity index (χ3v) is 3.67. The second-order valence-electron chi connectivity index (χ2n) is 4.28. The average Bonchev–Trinajstić information content (AvgIpc) is 2.48. The number of hydrogen-bond acceptors (Lipinski definition) is 3. The summed E-state index contributed by atoms with van der Waals surface area (Å²) in [5.41, 5.74) is 0. The Hall–Kier alpha value is -2.25. The fourth-order valence-corrected chi connectivity index (χ4v) is 2.62. The Morgan fingerprint density at radius 2 is 1.30 bits per heavy atom. The molecule has 0 aliphatic rings. The van der Waals surface area contributed by atoms with Crippen LogP contribution in [0.1, 0.15) is 0 Å². The van der Waals surface area contributed by atoms with Crippen LogP contribution in [0.3, 0.4) is 0 Å². The van der Waals surface area contributed by atoms with Crippen molar-refractivity contribution in [1.82, 2.24) is 0 Å². The van der Waals surface area contributed by atoms with Crippen LogP contribution in [0.5, 0.6) is 11.5 Å². The molecular weight excluding hydrogens is 271 g/mol. The van der Waals surface area contributed by atoms with Crippen LogP contribution in [0.25, 0.3) is 10.8 Å². The lowest BCUT2D eigenvalue weighted by molar-refractivity contribution is 0.416. The first-order valence-electron chi connectivity index (χ1n) is 6.25. The molecular formula is C16H13O3P. The quantitative estimate of drug-likeness (QED) is 0.652. The summed E-state index contributed by atoms with van der Waals surface area (Å²) in [6.07, 6.45) is 0. The van der Waals surface area contributed by atoms with Gasteiger partial charge in [0.2, 0.25) is 0 Å². The van der Waals surface area contributed by atoms with Gasteiger partial charge in [-0.15, -0.1) is 0 Å². The highest BCUT2D eigenvalue weighted by Gasteiger charge is 2.04. The van der Waals surface area contributed by atoms with Crippen LogP contribution in [0.2, 0.25) is 0 Å². The van der Waals surface area contributed by atoms with Gasteiger partial charge in [0.05, 0.1) is 0 Å². The van der Waals surface area contributed by atoms with Gasteiger partial charge in [-0.25, -0.2) is 4.57 Å². The van der Waals surface area contributed by atoms with Crippen LogP contribution in [-0.4, -0.2) is 0 Å². The summed E-state index contributed by atoms with van der Waals surface area (Å²) >= 11 is 0. The van der Waals surface area contributed by atoms with Crippen LogP contribution < -0.4 is 9.05 Å². The first-order chi connectivity index (χ1) is 9.81. The zero-order valence-electron chi connectivity index (χ0n) is 10.7. The topological polar surface area (TPSA) is 35.5 Å². The number of benzene rings is 3. The molecule has 0 saturated carbocycles. The van der Waals surface area contributed by atoms with E-state index >= 15 is 0 Å². The van der Waals surface area contributed by atoms with Crippen molar-refractivity contribution < 1.29 is 13.6 Å². The summed E-state index contributed by atoms with van der Waals surface area (Å²) in [6.45, 7) is 0. The van der Waals surface area contributed by atoms with Crippen molar-refractivity contribution in [2.24, 2.45) is 0 Å². The molecule has 3 aromatic carbocycles. The average molecular weight is 284 g/mol. The van der Waals surface area contributed by atoms with E-state index in [0.29, 0.717) is 11.5 Å². The molecule has 0 bridgehead atoms. The minimum atomic E-state index is -2.61. The van der Waals surface area contributed by atoms with E-state index in [9.17, 15) is 4.57 Å². The number of para-hydroxylation sites is 1. The second-order valence-corrected chi connectivity index (χ2v) is 5.18. The second kappa shape index (κ2) is 5.81. The van der Waals surface area contributed by atoms with E-state index < -0.39 is 8.25 Å². The van der Waals surface area contributed by atoms with Crippen molar-refractivity contribution in [3.63, 3.8) is 0 Å². The smallest absolute Gasteiger partial charge is 0.418 e. The SMILES string of the molecule is O=[PH](Oc1ccccc1)Oc1ccc2ccccc2c1. The highest BCUT2D eigenvalue weighted by atomic mass is 31.1. The van der Waals surface area contributed by atoms with Crippen LogP contribution in [0, 0.1) is 0 Å². The van der Waals surface area contributed by atoms with Gasteiger partial charge in [0.1, 0.15) is 11.5 Å². The Morgan fingerprint density at radius 3 is 2.10 bits per heavy atom. The van der Waals surface area contributed by atoms with Gasteiger partial charge in [-0.3, -0.25) is 0 Å². The molecule has 1 atom stereocenters. The maximum absolute atomic E-state index is 11.9. The zero-order chi connectivity index (χ0) is 13.8. The Kier molecular flexibility index (Phi) is 3.71. The lowest BCUT2D eigenvalue weighted by atomic mass is 10.1. The molecule has 0 saturated heterocycles. The number of fused-ring (bicyclic) bond motifs is 1. The maximum Gasteiger partial charge on any atom is 0.418 e. The normalized spacial score (nSPS) is 12.0. The van der Waals surface area contributed by atoms with Crippen molar-refractivity contribution in [3.05, 3.63) is 72.8 Å². The Labute approximate surface area is 117 Å². The summed E-state index contributed by atoms with van der Waals surface area (Å²) < 4.78 is 22.5. The lowest BCUT2D eigenvalue weighted by Gasteiger charge is -2.08. The molecule has 3 aromatic rings. The molecule has 0 aromatic heterocycles. The molecule has 0 N–H and O–H groups in total. The van der Waals surface area contributed by atoms with Crippen molar-refractivity contribution in [2.75, 3.05) is 0 Å². The standard InChI is InChI=1S/C16H13O3P/c17-20(18-15-8-2-1-3-9-15)19-16-11-10-13-6-4-5-7-14(13)12-16/h1-12,20H. The van der Waals surface area contributed by atoms with Crippen molar-refractivity contribution in [2.45, 2.75) is 0 Å². The Bertz CT molecular complexity index is 741. The predicted octanol–water partition coefficient (Wildman–Crippen LogP) is 4.69. The fraction of sp³-hybridized carbons (Fsp3) is 0. The molecule has 0 aliphatic heterocycles. The van der Waals surface area contributed by atoms with Gasteiger partial charge in [0, 0.05) is 0 Å². The molecule has 20 heavy (non-hydrogen) atoms. The van der Waals surface area contributed by atoms with Gasteiger partial charge >= 0.3 is 8.25 Å². The summed E-state index contributed by atoms with van der Waals surface area (Å²) in [5, 5.41) is 2.16. The summed E-state index contributed by atoms with van der Waals surface area (Å²) in [7, 11) is -2.61. The molecule has 1 unspecified atom stereocenters. The van der Waals surface area contributed by atoms with Crippen LogP contribution in [0.4, 0.5) is 0 Å². The van der Waals surface area contributed by atoms with Crippen molar-refractivity contribution >= 4 is 19.0 Å². The van der Waals surface area contributed by atoms with Gasteiger partial charge in [-0.05, 0) is 35.0 Å². The molecule has 3 nitrogen and oxygen atoms in total. The monoisotopic (exact) mass is 284 g/mol. The molecule has 0 radical (unpaired) electrons. The van der Waals surface area contributed by atoms with Crippen molar-refractivity contribution in [3.8, 4) is 11.5 Å². The molecule has 0 aliphatic carbocycles. The van der Waals surface area contributed by atoms with E-state index in [1.807, 2.05) is 54.6 Å². The van der Waals surface area contributed by atoms with Crippen molar-refractivity contribution in [1.29, 1.82) is 0 Å². The lowest BCUT2D eigenvalue weighted by Crippen LogP contribution is -1.88. The van der Waals surface area contributed by atoms with E-state index in [0.717, 1.165) is 10.8 Å². The van der Waals surface area contributed by atoms with E-state index in [-0.39, 0.29) is 0 Å². The molecule has 0 spiro atoms. The van der Waals surface area contributed by atoms with Gasteiger partial charge < -0.3 is 9.05 Å². The van der Waals surface area contributed by atoms with E-state index in [1.54, 1.807) is 18.2 Å². The largest absolute Gasteiger partial charge is 0.418 e. The minimum absolute atomic E-state index is 0.539. The Balaban J connectivity index is 1.74. The van der Waals surface area contributed by atoms with Gasteiger partial charge in [-0.1, -0.05) is 48.5 Å². The van der Waals surface area contributed by atoms with Crippen LogP contribution >= 0.6 is 8.25 Å². The van der Waals surface area contributed by atoms with E-state index in [1.165, 1.54) is 0 Å². The number of hydrogen-bond donors (Lipinski definition) is 0. The molecule has 0 amide bonds. The summed E-state index contributed by atoms with van der Waals surface area (Å²) in [6, 6.07) is 22.5. The maximum atomic E-state index is 11.9. The van der Waals surface area contributed by atoms with Crippen LogP contribution in [-0.2, 0) is 4.57 Å². The third-order valence-electron chi connectivity index (χ3n) is 2.87. The fourth-order valence-electron chi connectivity index (χ4n) is 1.93. The zero-order valence-corrected chi connectivity index (χ0v) is 11.7.